The van der Waals surface area contributed by atoms with E-state index < -0.39 is 11.9 Å². The van der Waals surface area contributed by atoms with Crippen LogP contribution in [0.5, 0.6) is 11.5 Å². The van der Waals surface area contributed by atoms with Crippen molar-refractivity contribution >= 4 is 11.8 Å². The summed E-state index contributed by atoms with van der Waals surface area (Å²) in [5.74, 6) is 0.145. The molecule has 1 atom stereocenters. The van der Waals surface area contributed by atoms with Crippen LogP contribution in [-0.2, 0) is 0 Å². The third-order valence-electron chi connectivity index (χ3n) is 2.73. The Labute approximate surface area is 116 Å². The summed E-state index contributed by atoms with van der Waals surface area (Å²) in [7, 11) is 0. The Hall–Kier alpha value is -1.52. The van der Waals surface area contributed by atoms with Gasteiger partial charge in [0.2, 0.25) is 0 Å². The Morgan fingerprint density at radius 2 is 1.84 bits per heavy atom. The fourth-order valence-corrected chi connectivity index (χ4v) is 2.13. The zero-order valence-electron chi connectivity index (χ0n) is 10.8. The maximum Gasteiger partial charge on any atom is 0.168 e. The molecule has 0 bridgehead atoms. The van der Waals surface area contributed by atoms with Gasteiger partial charge in [-0.25, -0.2) is 4.39 Å². The molecule has 0 unspecified atom stereocenters. The van der Waals surface area contributed by atoms with Gasteiger partial charge in [0.1, 0.15) is 5.75 Å². The molecular weight excluding hydrogens is 263 g/mol. The number of aliphatic hydroxyl groups is 1. The van der Waals surface area contributed by atoms with E-state index in [4.69, 9.17) is 4.74 Å². The van der Waals surface area contributed by atoms with Gasteiger partial charge < -0.3 is 9.84 Å². The van der Waals surface area contributed by atoms with E-state index >= 15 is 0 Å². The monoisotopic (exact) mass is 278 g/mol. The molecule has 0 radical (unpaired) electrons. The predicted molar refractivity (Wildman–Crippen MR) is 75.3 cm³/mol. The van der Waals surface area contributed by atoms with Crippen molar-refractivity contribution in [2.24, 2.45) is 0 Å². The Kier molecular flexibility index (Phi) is 4.45. The lowest BCUT2D eigenvalue weighted by Crippen LogP contribution is -1.98. The van der Waals surface area contributed by atoms with Gasteiger partial charge in [0.25, 0.3) is 0 Å². The lowest BCUT2D eigenvalue weighted by molar-refractivity contribution is 0.194. The Balaban J connectivity index is 2.31. The molecule has 19 heavy (non-hydrogen) atoms. The average Bonchev–Trinajstić information content (AvgIpc) is 2.41. The summed E-state index contributed by atoms with van der Waals surface area (Å²) >= 11 is 1.63. The van der Waals surface area contributed by atoms with Crippen LogP contribution < -0.4 is 4.74 Å². The summed E-state index contributed by atoms with van der Waals surface area (Å²) in [5.41, 5.74) is 0.439. The molecule has 0 aromatic heterocycles. The number of rotatable bonds is 4. The molecule has 0 saturated carbocycles. The maximum absolute atomic E-state index is 13.8. The minimum absolute atomic E-state index is 0.0781. The molecule has 0 saturated heterocycles. The molecule has 4 heteroatoms. The van der Waals surface area contributed by atoms with Gasteiger partial charge in [0.05, 0.1) is 6.10 Å². The van der Waals surface area contributed by atoms with E-state index in [9.17, 15) is 9.50 Å². The molecule has 0 spiro atoms. The van der Waals surface area contributed by atoms with Crippen molar-refractivity contribution in [2.45, 2.75) is 17.9 Å². The summed E-state index contributed by atoms with van der Waals surface area (Å²) in [6.45, 7) is 1.58. The minimum Gasteiger partial charge on any atom is -0.454 e. The molecule has 0 amide bonds. The van der Waals surface area contributed by atoms with Gasteiger partial charge in [-0.05, 0) is 43.5 Å². The first-order chi connectivity index (χ1) is 9.11. The van der Waals surface area contributed by atoms with Crippen molar-refractivity contribution in [3.05, 3.63) is 53.8 Å². The van der Waals surface area contributed by atoms with Gasteiger partial charge in [-0.3, -0.25) is 0 Å². The highest BCUT2D eigenvalue weighted by molar-refractivity contribution is 7.98. The highest BCUT2D eigenvalue weighted by atomic mass is 32.2. The molecule has 1 N–H and O–H groups in total. The maximum atomic E-state index is 13.8. The third-order valence-corrected chi connectivity index (χ3v) is 3.47. The van der Waals surface area contributed by atoms with Crippen molar-refractivity contribution < 1.29 is 14.2 Å². The number of para-hydroxylation sites is 1. The van der Waals surface area contributed by atoms with Gasteiger partial charge in [-0.1, -0.05) is 12.1 Å². The number of halogens is 1. The first kappa shape index (κ1) is 13.9. The van der Waals surface area contributed by atoms with Crippen molar-refractivity contribution in [1.29, 1.82) is 0 Å². The first-order valence-corrected chi connectivity index (χ1v) is 7.12. The molecule has 2 aromatic rings. The van der Waals surface area contributed by atoms with E-state index in [-0.39, 0.29) is 5.75 Å². The van der Waals surface area contributed by atoms with E-state index in [1.165, 1.54) is 6.07 Å². The normalized spacial score (nSPS) is 12.2. The van der Waals surface area contributed by atoms with Crippen LogP contribution in [0.4, 0.5) is 4.39 Å². The molecule has 100 valence electrons. The molecule has 0 aliphatic rings. The largest absolute Gasteiger partial charge is 0.454 e. The van der Waals surface area contributed by atoms with Gasteiger partial charge >= 0.3 is 0 Å². The highest BCUT2D eigenvalue weighted by Gasteiger charge is 2.14. The molecular formula is C15H15FO2S. The van der Waals surface area contributed by atoms with Crippen molar-refractivity contribution in [2.75, 3.05) is 6.26 Å². The summed E-state index contributed by atoms with van der Waals surface area (Å²) < 4.78 is 19.4. The highest BCUT2D eigenvalue weighted by Crippen LogP contribution is 2.32. The molecule has 0 heterocycles. The van der Waals surface area contributed by atoms with E-state index in [0.29, 0.717) is 11.3 Å². The van der Waals surface area contributed by atoms with Crippen LogP contribution in [0.1, 0.15) is 18.6 Å². The number of hydrogen-bond acceptors (Lipinski definition) is 3. The molecule has 2 rings (SSSR count). The van der Waals surface area contributed by atoms with Crippen molar-refractivity contribution in [3.63, 3.8) is 0 Å². The number of aliphatic hydroxyl groups excluding tert-OH is 1. The summed E-state index contributed by atoms with van der Waals surface area (Å²) in [5, 5.41) is 9.64. The fraction of sp³-hybridized carbons (Fsp3) is 0.200. The number of thioether (sulfide) groups is 1. The second-order valence-electron chi connectivity index (χ2n) is 4.11. The predicted octanol–water partition coefficient (Wildman–Crippen LogP) is 4.39. The van der Waals surface area contributed by atoms with Gasteiger partial charge in [0.15, 0.2) is 11.6 Å². The van der Waals surface area contributed by atoms with Crippen LogP contribution in [0.25, 0.3) is 0 Å². The van der Waals surface area contributed by atoms with E-state index in [1.807, 2.05) is 18.4 Å². The van der Waals surface area contributed by atoms with E-state index in [0.717, 1.165) is 4.90 Å². The molecule has 0 aliphatic carbocycles. The van der Waals surface area contributed by atoms with Gasteiger partial charge in [-0.15, -0.1) is 11.8 Å². The van der Waals surface area contributed by atoms with Gasteiger partial charge in [0, 0.05) is 10.5 Å². The zero-order chi connectivity index (χ0) is 13.8. The number of ether oxygens (including phenoxy) is 1. The van der Waals surface area contributed by atoms with Crippen molar-refractivity contribution in [3.8, 4) is 11.5 Å². The van der Waals surface area contributed by atoms with Crippen LogP contribution in [0, 0.1) is 5.82 Å². The first-order valence-electron chi connectivity index (χ1n) is 5.90. The van der Waals surface area contributed by atoms with Crippen molar-refractivity contribution in [1.82, 2.24) is 0 Å². The average molecular weight is 278 g/mol. The molecule has 0 fully saturated rings. The summed E-state index contributed by atoms with van der Waals surface area (Å²) in [6.07, 6.45) is 1.20. The summed E-state index contributed by atoms with van der Waals surface area (Å²) in [4.78, 5) is 1.11. The Bertz CT molecular complexity index is 553. The van der Waals surface area contributed by atoms with E-state index in [1.54, 1.807) is 43.0 Å². The van der Waals surface area contributed by atoms with Crippen LogP contribution in [0.2, 0.25) is 0 Å². The number of hydrogen-bond donors (Lipinski definition) is 1. The Morgan fingerprint density at radius 1 is 1.16 bits per heavy atom. The molecule has 2 nitrogen and oxygen atoms in total. The Morgan fingerprint density at radius 3 is 2.42 bits per heavy atom. The second kappa shape index (κ2) is 6.08. The quantitative estimate of drug-likeness (QED) is 0.841. The molecule has 2 aromatic carbocycles. The van der Waals surface area contributed by atoms with Crippen LogP contribution >= 0.6 is 11.8 Å². The summed E-state index contributed by atoms with van der Waals surface area (Å²) in [6, 6.07) is 11.9. The van der Waals surface area contributed by atoms with Crippen LogP contribution in [-0.4, -0.2) is 11.4 Å². The van der Waals surface area contributed by atoms with E-state index in [2.05, 4.69) is 0 Å². The lowest BCUT2D eigenvalue weighted by Gasteiger charge is -2.14. The topological polar surface area (TPSA) is 29.5 Å². The second-order valence-corrected chi connectivity index (χ2v) is 4.99. The number of benzene rings is 2. The van der Waals surface area contributed by atoms with Crippen LogP contribution in [0.3, 0.4) is 0 Å². The smallest absolute Gasteiger partial charge is 0.168 e. The minimum atomic E-state index is -0.781. The SMILES string of the molecule is CSc1ccc(Oc2c(F)cccc2[C@H](C)O)cc1. The third kappa shape index (κ3) is 3.28. The lowest BCUT2D eigenvalue weighted by atomic mass is 10.1. The standard InChI is InChI=1S/C15H15FO2S/c1-10(17)13-4-3-5-14(16)15(13)18-11-6-8-12(19-2)9-7-11/h3-10,17H,1-2H3/t10-/m0/s1. The van der Waals surface area contributed by atoms with Gasteiger partial charge in [-0.2, -0.15) is 0 Å². The zero-order valence-corrected chi connectivity index (χ0v) is 11.6. The molecule has 0 aliphatic heterocycles. The van der Waals surface area contributed by atoms with Crippen LogP contribution in [0.15, 0.2) is 47.4 Å². The fourth-order valence-electron chi connectivity index (χ4n) is 1.72.